The van der Waals surface area contributed by atoms with E-state index in [1.807, 2.05) is 0 Å². The number of benzene rings is 2. The Kier molecular flexibility index (Phi) is 8.12. The van der Waals surface area contributed by atoms with Gasteiger partial charge in [-0.3, -0.25) is 4.79 Å². The largest absolute Gasteiger partial charge is 0.493 e. The number of rotatable bonds is 9. The maximum Gasteiger partial charge on any atom is 0.416 e. The van der Waals surface area contributed by atoms with Crippen LogP contribution in [-0.4, -0.2) is 24.3 Å². The molecule has 0 aromatic heterocycles. The highest BCUT2D eigenvalue weighted by Gasteiger charge is 2.40. The summed E-state index contributed by atoms with van der Waals surface area (Å²) in [5.41, 5.74) is -2.70. The first-order valence-electron chi connectivity index (χ1n) is 11.1. The fourth-order valence-corrected chi connectivity index (χ4v) is 3.89. The van der Waals surface area contributed by atoms with Gasteiger partial charge in [-0.25, -0.2) is 0 Å². The Labute approximate surface area is 204 Å². The van der Waals surface area contributed by atoms with Crippen molar-refractivity contribution in [3.63, 3.8) is 0 Å². The van der Waals surface area contributed by atoms with Crippen molar-refractivity contribution in [2.24, 2.45) is 5.41 Å². The van der Waals surface area contributed by atoms with E-state index in [1.165, 1.54) is 0 Å². The Morgan fingerprint density at radius 3 is 1.89 bits per heavy atom. The molecule has 0 bridgehead atoms. The Morgan fingerprint density at radius 2 is 1.47 bits per heavy atom. The van der Waals surface area contributed by atoms with Crippen molar-refractivity contribution in [2.45, 2.75) is 50.9 Å². The van der Waals surface area contributed by atoms with E-state index in [-0.39, 0.29) is 25.7 Å². The molecule has 10 heteroatoms. The number of carboxylic acid groups (broad SMARTS) is 1. The molecule has 194 valence electrons. The molecule has 1 N–H and O–H groups in total. The standard InChI is InChI=1S/C26H24F6O4/c1-2-4-18(11-23(33)34)17-5-7-21(8-6-17)35-15-24(9-3-10-24)16-36-22-13-19(25(27,28)29)12-20(14-22)26(30,31)32/h5-8,12-14,18H,3,9-11,15-16H2,1H3,(H,33,34). The highest BCUT2D eigenvalue weighted by molar-refractivity contribution is 5.69. The fraction of sp³-hybridized carbons (Fsp3) is 0.423. The average molecular weight is 514 g/mol. The van der Waals surface area contributed by atoms with Gasteiger partial charge in [-0.1, -0.05) is 24.5 Å². The van der Waals surface area contributed by atoms with Crippen LogP contribution >= 0.6 is 0 Å². The highest BCUT2D eigenvalue weighted by atomic mass is 19.4. The van der Waals surface area contributed by atoms with Gasteiger partial charge in [-0.2, -0.15) is 26.3 Å². The lowest BCUT2D eigenvalue weighted by molar-refractivity contribution is -0.143. The quantitative estimate of drug-likeness (QED) is 0.291. The molecule has 2 aromatic rings. The van der Waals surface area contributed by atoms with Crippen LogP contribution in [0.4, 0.5) is 26.3 Å². The second-order valence-corrected chi connectivity index (χ2v) is 8.79. The number of carbonyl (C=O) groups is 1. The van der Waals surface area contributed by atoms with Crippen LogP contribution in [0.3, 0.4) is 0 Å². The van der Waals surface area contributed by atoms with E-state index in [0.29, 0.717) is 36.3 Å². The van der Waals surface area contributed by atoms with E-state index in [1.54, 1.807) is 31.2 Å². The Morgan fingerprint density at radius 1 is 0.944 bits per heavy atom. The molecule has 3 rings (SSSR count). The Balaban J connectivity index is 1.67. The zero-order chi connectivity index (χ0) is 26.6. The van der Waals surface area contributed by atoms with E-state index in [4.69, 9.17) is 14.6 Å². The number of ether oxygens (including phenoxy) is 2. The lowest BCUT2D eigenvalue weighted by Gasteiger charge is -2.41. The van der Waals surface area contributed by atoms with Crippen molar-refractivity contribution in [3.8, 4) is 23.3 Å². The minimum Gasteiger partial charge on any atom is -0.493 e. The molecular weight excluding hydrogens is 490 g/mol. The minimum absolute atomic E-state index is 0.0614. The molecule has 36 heavy (non-hydrogen) atoms. The van der Waals surface area contributed by atoms with Crippen molar-refractivity contribution in [1.29, 1.82) is 0 Å². The maximum atomic E-state index is 13.1. The number of hydrogen-bond donors (Lipinski definition) is 1. The molecule has 1 atom stereocenters. The maximum absolute atomic E-state index is 13.1. The monoisotopic (exact) mass is 514 g/mol. The summed E-state index contributed by atoms with van der Waals surface area (Å²) < 4.78 is 89.9. The molecule has 1 aliphatic rings. The third-order valence-corrected chi connectivity index (χ3v) is 6.05. The SMILES string of the molecule is CC#CC(CC(=O)O)c1ccc(OCC2(COc3cc(C(F)(F)F)cc(C(F)(F)F)c3)CCC2)cc1. The van der Waals surface area contributed by atoms with Crippen LogP contribution < -0.4 is 9.47 Å². The number of aliphatic carboxylic acids is 1. The second-order valence-electron chi connectivity index (χ2n) is 8.79. The lowest BCUT2D eigenvalue weighted by Crippen LogP contribution is -2.41. The summed E-state index contributed by atoms with van der Waals surface area (Å²) in [7, 11) is 0. The molecule has 1 fully saturated rings. The van der Waals surface area contributed by atoms with Crippen molar-refractivity contribution in [2.75, 3.05) is 13.2 Å². The Bertz CT molecular complexity index is 1090. The number of hydrogen-bond acceptors (Lipinski definition) is 3. The van der Waals surface area contributed by atoms with Crippen molar-refractivity contribution < 1.29 is 45.7 Å². The van der Waals surface area contributed by atoms with Crippen LogP contribution in [0.25, 0.3) is 0 Å². The van der Waals surface area contributed by atoms with Crippen molar-refractivity contribution in [1.82, 2.24) is 0 Å². The molecule has 0 spiro atoms. The molecule has 1 aliphatic carbocycles. The zero-order valence-electron chi connectivity index (χ0n) is 19.3. The highest BCUT2D eigenvalue weighted by Crippen LogP contribution is 2.43. The van der Waals surface area contributed by atoms with E-state index >= 15 is 0 Å². The predicted molar refractivity (Wildman–Crippen MR) is 119 cm³/mol. The van der Waals surface area contributed by atoms with Gasteiger partial charge in [-0.05, 0) is 55.7 Å². The Hall–Kier alpha value is -3.35. The van der Waals surface area contributed by atoms with Crippen LogP contribution in [0.1, 0.15) is 55.2 Å². The summed E-state index contributed by atoms with van der Waals surface area (Å²) in [5.74, 6) is 4.11. The van der Waals surface area contributed by atoms with E-state index in [9.17, 15) is 31.1 Å². The summed E-state index contributed by atoms with van der Waals surface area (Å²) in [4.78, 5) is 11.1. The van der Waals surface area contributed by atoms with Gasteiger partial charge in [0.1, 0.15) is 11.5 Å². The molecule has 1 saturated carbocycles. The predicted octanol–water partition coefficient (Wildman–Crippen LogP) is 6.93. The minimum atomic E-state index is -4.95. The average Bonchev–Trinajstić information content (AvgIpc) is 2.76. The summed E-state index contributed by atoms with van der Waals surface area (Å²) in [5, 5.41) is 9.06. The third-order valence-electron chi connectivity index (χ3n) is 6.05. The van der Waals surface area contributed by atoms with Crippen LogP contribution in [0.5, 0.6) is 11.5 Å². The van der Waals surface area contributed by atoms with Gasteiger partial charge in [0.05, 0.1) is 36.7 Å². The molecule has 1 unspecified atom stereocenters. The number of alkyl halides is 6. The first kappa shape index (κ1) is 27.2. The molecular formula is C26H24F6O4. The van der Waals surface area contributed by atoms with Gasteiger partial charge < -0.3 is 14.6 Å². The molecule has 0 radical (unpaired) electrons. The molecule has 0 saturated heterocycles. The van der Waals surface area contributed by atoms with Gasteiger partial charge in [0.25, 0.3) is 0 Å². The normalized spacial score (nSPS) is 15.8. The van der Waals surface area contributed by atoms with Crippen LogP contribution in [-0.2, 0) is 17.1 Å². The van der Waals surface area contributed by atoms with Crippen LogP contribution in [0.15, 0.2) is 42.5 Å². The second kappa shape index (κ2) is 10.7. The molecule has 0 amide bonds. The lowest BCUT2D eigenvalue weighted by atomic mass is 9.70. The van der Waals surface area contributed by atoms with Gasteiger partial charge in [0.15, 0.2) is 0 Å². The first-order valence-corrected chi connectivity index (χ1v) is 11.1. The molecule has 4 nitrogen and oxygen atoms in total. The van der Waals surface area contributed by atoms with Crippen molar-refractivity contribution in [3.05, 3.63) is 59.2 Å². The fourth-order valence-electron chi connectivity index (χ4n) is 3.89. The van der Waals surface area contributed by atoms with E-state index in [2.05, 4.69) is 11.8 Å². The third kappa shape index (κ3) is 7.09. The van der Waals surface area contributed by atoms with Gasteiger partial charge >= 0.3 is 18.3 Å². The first-order chi connectivity index (χ1) is 16.8. The summed E-state index contributed by atoms with van der Waals surface area (Å²) in [6.07, 6.45) is -7.93. The van der Waals surface area contributed by atoms with Gasteiger partial charge in [0, 0.05) is 5.41 Å². The van der Waals surface area contributed by atoms with E-state index in [0.717, 1.165) is 6.42 Å². The molecule has 0 heterocycles. The zero-order valence-corrected chi connectivity index (χ0v) is 19.3. The van der Waals surface area contributed by atoms with Crippen LogP contribution in [0, 0.1) is 17.3 Å². The molecule has 0 aliphatic heterocycles. The molecule has 2 aromatic carbocycles. The summed E-state index contributed by atoms with van der Waals surface area (Å²) >= 11 is 0. The van der Waals surface area contributed by atoms with Gasteiger partial charge in [-0.15, -0.1) is 5.92 Å². The topological polar surface area (TPSA) is 55.8 Å². The van der Waals surface area contributed by atoms with Crippen molar-refractivity contribution >= 4 is 5.97 Å². The summed E-state index contributed by atoms with van der Waals surface area (Å²) in [6.45, 7) is 1.68. The van der Waals surface area contributed by atoms with Crippen LogP contribution in [0.2, 0.25) is 0 Å². The number of halogens is 6. The number of carboxylic acids is 1. The summed E-state index contributed by atoms with van der Waals surface area (Å²) in [6, 6.07) is 7.93. The van der Waals surface area contributed by atoms with E-state index < -0.39 is 46.5 Å². The smallest absolute Gasteiger partial charge is 0.416 e. The van der Waals surface area contributed by atoms with Gasteiger partial charge in [0.2, 0.25) is 0 Å².